The zero-order chi connectivity index (χ0) is 20.7. The van der Waals surface area contributed by atoms with Gasteiger partial charge < -0.3 is 19.5 Å². The molecule has 0 aliphatic heterocycles. The minimum Gasteiger partial charge on any atom is -0.496 e. The highest BCUT2D eigenvalue weighted by Crippen LogP contribution is 2.28. The van der Waals surface area contributed by atoms with Crippen LogP contribution in [-0.2, 0) is 9.53 Å². The maximum absolute atomic E-state index is 12.3. The van der Waals surface area contributed by atoms with Gasteiger partial charge in [-0.3, -0.25) is 10.1 Å². The molecule has 148 valence electrons. The Morgan fingerprint density at radius 2 is 1.54 bits per heavy atom. The zero-order valence-electron chi connectivity index (χ0n) is 16.1. The van der Waals surface area contributed by atoms with Crippen LogP contribution in [0.5, 0.6) is 11.5 Å². The Balaban J connectivity index is 1.94. The van der Waals surface area contributed by atoms with Gasteiger partial charge >= 0.3 is 12.0 Å². The number of carbonyl (C=O) groups is 3. The van der Waals surface area contributed by atoms with E-state index < -0.39 is 24.5 Å². The Morgan fingerprint density at radius 3 is 2.14 bits per heavy atom. The highest BCUT2D eigenvalue weighted by molar-refractivity contribution is 6.03. The van der Waals surface area contributed by atoms with Crippen molar-refractivity contribution < 1.29 is 28.6 Å². The van der Waals surface area contributed by atoms with E-state index in [1.165, 1.54) is 14.2 Å². The van der Waals surface area contributed by atoms with E-state index in [0.29, 0.717) is 5.69 Å². The molecule has 0 aliphatic rings. The second-order valence-electron chi connectivity index (χ2n) is 5.86. The van der Waals surface area contributed by atoms with Crippen LogP contribution in [0.15, 0.2) is 36.4 Å². The summed E-state index contributed by atoms with van der Waals surface area (Å²) in [6, 6.07) is 9.49. The number of urea groups is 1. The van der Waals surface area contributed by atoms with E-state index in [9.17, 15) is 14.4 Å². The van der Waals surface area contributed by atoms with E-state index >= 15 is 0 Å². The van der Waals surface area contributed by atoms with Gasteiger partial charge in [0.15, 0.2) is 6.61 Å². The Bertz CT molecular complexity index is 872. The topological polar surface area (TPSA) is 103 Å². The molecular weight excluding hydrogens is 364 g/mol. The molecule has 0 aliphatic carbocycles. The average Bonchev–Trinajstić information content (AvgIpc) is 2.68. The van der Waals surface area contributed by atoms with Gasteiger partial charge in [-0.25, -0.2) is 9.59 Å². The Hall–Kier alpha value is -3.55. The molecular formula is C20H22N2O6. The molecule has 0 heterocycles. The molecule has 0 radical (unpaired) electrons. The van der Waals surface area contributed by atoms with E-state index in [0.717, 1.165) is 11.1 Å². The molecule has 8 nitrogen and oxygen atoms in total. The van der Waals surface area contributed by atoms with Crippen molar-refractivity contribution in [1.82, 2.24) is 5.32 Å². The van der Waals surface area contributed by atoms with Crippen molar-refractivity contribution in [2.24, 2.45) is 0 Å². The van der Waals surface area contributed by atoms with Crippen LogP contribution in [0.3, 0.4) is 0 Å². The molecule has 0 bridgehead atoms. The first-order valence-corrected chi connectivity index (χ1v) is 8.42. The summed E-state index contributed by atoms with van der Waals surface area (Å²) in [5.41, 5.74) is 2.53. The lowest BCUT2D eigenvalue weighted by Crippen LogP contribution is -2.37. The van der Waals surface area contributed by atoms with Gasteiger partial charge in [-0.15, -0.1) is 0 Å². The first-order valence-electron chi connectivity index (χ1n) is 8.42. The van der Waals surface area contributed by atoms with Crippen LogP contribution >= 0.6 is 0 Å². The maximum atomic E-state index is 12.3. The van der Waals surface area contributed by atoms with E-state index in [-0.39, 0.29) is 17.1 Å². The fourth-order valence-electron chi connectivity index (χ4n) is 2.46. The number of hydrogen-bond donors (Lipinski definition) is 2. The standard InChI is InChI=1S/C20H22N2O6/c1-12-7-5-8-14(13(12)2)21-20(25)22-17(23)11-28-19(24)18-15(26-3)9-6-10-16(18)27-4/h5-10H,11H2,1-4H3,(H2,21,22,23,25). The number of anilines is 1. The van der Waals surface area contributed by atoms with E-state index in [1.54, 1.807) is 30.3 Å². The number of imide groups is 1. The summed E-state index contributed by atoms with van der Waals surface area (Å²) < 4.78 is 15.2. The summed E-state index contributed by atoms with van der Waals surface area (Å²) in [5.74, 6) is -1.08. The number of aryl methyl sites for hydroxylation is 1. The fraction of sp³-hybridized carbons (Fsp3) is 0.250. The summed E-state index contributed by atoms with van der Waals surface area (Å²) in [7, 11) is 2.80. The van der Waals surface area contributed by atoms with Gasteiger partial charge in [0.05, 0.1) is 14.2 Å². The number of benzene rings is 2. The molecule has 0 saturated heterocycles. The maximum Gasteiger partial charge on any atom is 0.346 e. The van der Waals surface area contributed by atoms with Gasteiger partial charge in [0.2, 0.25) is 0 Å². The van der Waals surface area contributed by atoms with Crippen LogP contribution in [0.4, 0.5) is 10.5 Å². The number of nitrogens with one attached hydrogen (secondary N) is 2. The number of hydrogen-bond acceptors (Lipinski definition) is 6. The monoisotopic (exact) mass is 386 g/mol. The molecule has 0 aromatic heterocycles. The first-order chi connectivity index (χ1) is 13.4. The van der Waals surface area contributed by atoms with E-state index in [2.05, 4.69) is 10.6 Å². The summed E-state index contributed by atoms with van der Waals surface area (Å²) in [6.07, 6.45) is 0. The summed E-state index contributed by atoms with van der Waals surface area (Å²) in [5, 5.41) is 4.70. The third-order valence-electron chi connectivity index (χ3n) is 4.07. The summed E-state index contributed by atoms with van der Waals surface area (Å²) in [6.45, 7) is 3.13. The van der Waals surface area contributed by atoms with Crippen LogP contribution in [-0.4, -0.2) is 38.7 Å². The lowest BCUT2D eigenvalue weighted by molar-refractivity contribution is -0.123. The average molecular weight is 386 g/mol. The van der Waals surface area contributed by atoms with Crippen LogP contribution < -0.4 is 20.1 Å². The largest absolute Gasteiger partial charge is 0.496 e. The minimum absolute atomic E-state index is 0.0557. The molecule has 2 aromatic rings. The second-order valence-corrected chi connectivity index (χ2v) is 5.86. The van der Waals surface area contributed by atoms with Gasteiger partial charge in [0, 0.05) is 5.69 Å². The van der Waals surface area contributed by atoms with Crippen LogP contribution in [0, 0.1) is 13.8 Å². The molecule has 2 N–H and O–H groups in total. The van der Waals surface area contributed by atoms with Crippen molar-refractivity contribution in [3.8, 4) is 11.5 Å². The van der Waals surface area contributed by atoms with Crippen molar-refractivity contribution in [1.29, 1.82) is 0 Å². The third-order valence-corrected chi connectivity index (χ3v) is 4.07. The molecule has 0 unspecified atom stereocenters. The number of carbonyl (C=O) groups excluding carboxylic acids is 3. The Kier molecular flexibility index (Phi) is 6.97. The Morgan fingerprint density at radius 1 is 0.929 bits per heavy atom. The number of methoxy groups -OCH3 is 2. The SMILES string of the molecule is COc1cccc(OC)c1C(=O)OCC(=O)NC(=O)Nc1cccc(C)c1C. The van der Waals surface area contributed by atoms with Gasteiger partial charge in [-0.05, 0) is 43.2 Å². The number of ether oxygens (including phenoxy) is 3. The quantitative estimate of drug-likeness (QED) is 0.740. The van der Waals surface area contributed by atoms with E-state index in [4.69, 9.17) is 14.2 Å². The molecule has 2 rings (SSSR count). The van der Waals surface area contributed by atoms with Gasteiger partial charge in [-0.1, -0.05) is 18.2 Å². The highest BCUT2D eigenvalue weighted by atomic mass is 16.5. The number of esters is 1. The first kappa shape index (κ1) is 20.8. The lowest BCUT2D eigenvalue weighted by atomic mass is 10.1. The number of rotatable bonds is 6. The number of amides is 3. The Labute approximate surface area is 162 Å². The van der Waals surface area contributed by atoms with E-state index in [1.807, 2.05) is 19.9 Å². The molecule has 8 heteroatoms. The summed E-state index contributed by atoms with van der Waals surface area (Å²) in [4.78, 5) is 36.2. The molecule has 3 amide bonds. The predicted molar refractivity (Wildman–Crippen MR) is 103 cm³/mol. The second kappa shape index (κ2) is 9.40. The molecule has 2 aromatic carbocycles. The van der Waals surface area contributed by atoms with Crippen molar-refractivity contribution in [3.63, 3.8) is 0 Å². The third kappa shape index (κ3) is 5.00. The molecule has 28 heavy (non-hydrogen) atoms. The summed E-state index contributed by atoms with van der Waals surface area (Å²) >= 11 is 0. The fourth-order valence-corrected chi connectivity index (χ4v) is 2.46. The predicted octanol–water partition coefficient (Wildman–Crippen LogP) is 2.83. The molecule has 0 fully saturated rings. The van der Waals surface area contributed by atoms with Crippen LogP contribution in [0.2, 0.25) is 0 Å². The van der Waals surface area contributed by atoms with Crippen molar-refractivity contribution >= 4 is 23.6 Å². The smallest absolute Gasteiger partial charge is 0.346 e. The van der Waals surface area contributed by atoms with Gasteiger partial charge in [0.25, 0.3) is 5.91 Å². The lowest BCUT2D eigenvalue weighted by Gasteiger charge is -2.13. The van der Waals surface area contributed by atoms with Gasteiger partial charge in [0.1, 0.15) is 17.1 Å². The molecule has 0 saturated carbocycles. The zero-order valence-corrected chi connectivity index (χ0v) is 16.1. The highest BCUT2D eigenvalue weighted by Gasteiger charge is 2.21. The molecule has 0 spiro atoms. The normalized spacial score (nSPS) is 10.0. The molecule has 0 atom stereocenters. The van der Waals surface area contributed by atoms with Crippen LogP contribution in [0.1, 0.15) is 21.5 Å². The minimum atomic E-state index is -0.806. The van der Waals surface area contributed by atoms with Crippen molar-refractivity contribution in [2.75, 3.05) is 26.1 Å². The van der Waals surface area contributed by atoms with Crippen molar-refractivity contribution in [3.05, 3.63) is 53.1 Å². The van der Waals surface area contributed by atoms with Gasteiger partial charge in [-0.2, -0.15) is 0 Å². The van der Waals surface area contributed by atoms with Crippen molar-refractivity contribution in [2.45, 2.75) is 13.8 Å². The van der Waals surface area contributed by atoms with Crippen LogP contribution in [0.25, 0.3) is 0 Å².